The summed E-state index contributed by atoms with van der Waals surface area (Å²) in [5.41, 5.74) is 1.32. The maximum atomic E-state index is 11.9. The smallest absolute Gasteiger partial charge is 0.223 e. The minimum Gasteiger partial charge on any atom is -0.369 e. The van der Waals surface area contributed by atoms with Crippen LogP contribution in [0.1, 0.15) is 33.6 Å². The highest BCUT2D eigenvalue weighted by atomic mass is 16.1. The number of carbonyl (C=O) groups is 1. The normalized spacial score (nSPS) is 18.5. The van der Waals surface area contributed by atoms with Gasteiger partial charge in [0.15, 0.2) is 0 Å². The van der Waals surface area contributed by atoms with E-state index in [9.17, 15) is 4.79 Å². The Morgan fingerprint density at radius 3 is 2.39 bits per heavy atom. The average molecular weight is 317 g/mol. The highest BCUT2D eigenvalue weighted by molar-refractivity contribution is 5.78. The van der Waals surface area contributed by atoms with Gasteiger partial charge in [-0.2, -0.15) is 0 Å². The maximum absolute atomic E-state index is 11.9. The Bertz CT molecular complexity index is 469. The maximum Gasteiger partial charge on any atom is 0.223 e. The molecule has 0 aliphatic carbocycles. The molecule has 1 aromatic rings. The Morgan fingerprint density at radius 1 is 1.13 bits per heavy atom. The summed E-state index contributed by atoms with van der Waals surface area (Å²) in [6.45, 7) is 11.6. The van der Waals surface area contributed by atoms with Crippen molar-refractivity contribution in [1.82, 2.24) is 10.2 Å². The number of amides is 1. The highest BCUT2D eigenvalue weighted by Crippen LogP contribution is 2.15. The molecule has 1 aliphatic heterocycles. The molecule has 23 heavy (non-hydrogen) atoms. The van der Waals surface area contributed by atoms with Crippen molar-refractivity contribution in [3.63, 3.8) is 0 Å². The van der Waals surface area contributed by atoms with Crippen LogP contribution in [-0.2, 0) is 4.79 Å². The van der Waals surface area contributed by atoms with Crippen LogP contribution in [0.15, 0.2) is 30.3 Å². The molecule has 1 N–H and O–H groups in total. The number of rotatable bonds is 7. The van der Waals surface area contributed by atoms with Crippen molar-refractivity contribution in [3.8, 4) is 0 Å². The number of hydrogen-bond acceptors (Lipinski definition) is 3. The van der Waals surface area contributed by atoms with Crippen molar-refractivity contribution in [1.29, 1.82) is 0 Å². The number of piperazine rings is 1. The summed E-state index contributed by atoms with van der Waals surface area (Å²) in [6, 6.07) is 10.9. The minimum atomic E-state index is 0.117. The number of nitrogens with one attached hydrogen (secondary N) is 1. The predicted molar refractivity (Wildman–Crippen MR) is 96.8 cm³/mol. The lowest BCUT2D eigenvalue weighted by Gasteiger charge is -2.36. The summed E-state index contributed by atoms with van der Waals surface area (Å²) in [7, 11) is 0. The van der Waals surface area contributed by atoms with Crippen LogP contribution in [0.25, 0.3) is 0 Å². The SMILES string of the molecule is CC[C@@H](C)C(=O)N[C@H](C)CCN1CCN(c2ccccc2)CC1. The van der Waals surface area contributed by atoms with E-state index in [1.165, 1.54) is 5.69 Å². The molecule has 4 heteroatoms. The second-order valence-electron chi connectivity index (χ2n) is 6.67. The van der Waals surface area contributed by atoms with E-state index in [2.05, 4.69) is 59.3 Å². The molecule has 4 nitrogen and oxygen atoms in total. The molecule has 1 aromatic carbocycles. The molecule has 128 valence electrons. The van der Waals surface area contributed by atoms with Gasteiger partial charge in [-0.05, 0) is 31.9 Å². The summed E-state index contributed by atoms with van der Waals surface area (Å²) < 4.78 is 0. The Labute approximate surface area is 140 Å². The zero-order valence-electron chi connectivity index (χ0n) is 14.8. The van der Waals surface area contributed by atoms with Crippen molar-refractivity contribution in [2.75, 3.05) is 37.6 Å². The lowest BCUT2D eigenvalue weighted by molar-refractivity contribution is -0.125. The molecule has 1 saturated heterocycles. The molecule has 1 aliphatic rings. The molecule has 0 radical (unpaired) electrons. The van der Waals surface area contributed by atoms with Gasteiger partial charge in [0.25, 0.3) is 0 Å². The Balaban J connectivity index is 1.67. The zero-order valence-corrected chi connectivity index (χ0v) is 14.8. The third kappa shape index (κ3) is 5.54. The molecule has 0 saturated carbocycles. The molecule has 1 fully saturated rings. The van der Waals surface area contributed by atoms with Crippen molar-refractivity contribution in [2.24, 2.45) is 5.92 Å². The molecule has 1 amide bonds. The van der Waals surface area contributed by atoms with Crippen molar-refractivity contribution in [3.05, 3.63) is 30.3 Å². The van der Waals surface area contributed by atoms with E-state index >= 15 is 0 Å². The molecule has 2 atom stereocenters. The first-order valence-corrected chi connectivity index (χ1v) is 8.93. The number of anilines is 1. The summed E-state index contributed by atoms with van der Waals surface area (Å²) in [6.07, 6.45) is 1.92. The predicted octanol–water partition coefficient (Wildman–Crippen LogP) is 2.75. The average Bonchev–Trinajstić information content (AvgIpc) is 2.60. The van der Waals surface area contributed by atoms with Crippen LogP contribution in [0.2, 0.25) is 0 Å². The van der Waals surface area contributed by atoms with Gasteiger partial charge < -0.3 is 10.2 Å². The largest absolute Gasteiger partial charge is 0.369 e. The third-order valence-electron chi connectivity index (χ3n) is 4.82. The van der Waals surface area contributed by atoms with E-state index < -0.39 is 0 Å². The zero-order chi connectivity index (χ0) is 16.7. The lowest BCUT2D eigenvalue weighted by atomic mass is 10.1. The van der Waals surface area contributed by atoms with E-state index in [4.69, 9.17) is 0 Å². The topological polar surface area (TPSA) is 35.6 Å². The van der Waals surface area contributed by atoms with Gasteiger partial charge in [0.05, 0.1) is 0 Å². The van der Waals surface area contributed by atoms with Crippen LogP contribution >= 0.6 is 0 Å². The van der Waals surface area contributed by atoms with Crippen LogP contribution in [0.4, 0.5) is 5.69 Å². The summed E-state index contributed by atoms with van der Waals surface area (Å²) in [4.78, 5) is 16.9. The van der Waals surface area contributed by atoms with E-state index in [0.29, 0.717) is 0 Å². The van der Waals surface area contributed by atoms with Gasteiger partial charge in [0.1, 0.15) is 0 Å². The van der Waals surface area contributed by atoms with Crippen LogP contribution in [-0.4, -0.2) is 49.6 Å². The number of hydrogen-bond donors (Lipinski definition) is 1. The second-order valence-corrected chi connectivity index (χ2v) is 6.67. The van der Waals surface area contributed by atoms with Gasteiger partial charge in [-0.1, -0.05) is 32.0 Å². The van der Waals surface area contributed by atoms with E-state index in [1.807, 2.05) is 6.92 Å². The minimum absolute atomic E-state index is 0.117. The van der Waals surface area contributed by atoms with Crippen molar-refractivity contribution in [2.45, 2.75) is 39.7 Å². The first-order valence-electron chi connectivity index (χ1n) is 8.93. The first kappa shape index (κ1) is 17.8. The van der Waals surface area contributed by atoms with Gasteiger partial charge in [0, 0.05) is 50.4 Å². The molecule has 0 bridgehead atoms. The molecule has 0 aromatic heterocycles. The summed E-state index contributed by atoms with van der Waals surface area (Å²) in [5, 5.41) is 3.13. The molecule has 2 rings (SSSR count). The Morgan fingerprint density at radius 2 is 1.78 bits per heavy atom. The summed E-state index contributed by atoms with van der Waals surface area (Å²) in [5.74, 6) is 0.306. The van der Waals surface area contributed by atoms with Gasteiger partial charge >= 0.3 is 0 Å². The molecular weight excluding hydrogens is 286 g/mol. The fourth-order valence-electron chi connectivity index (χ4n) is 2.89. The number of benzene rings is 1. The van der Waals surface area contributed by atoms with Crippen LogP contribution in [0.5, 0.6) is 0 Å². The van der Waals surface area contributed by atoms with E-state index in [-0.39, 0.29) is 17.9 Å². The van der Waals surface area contributed by atoms with Crippen LogP contribution in [0.3, 0.4) is 0 Å². The second kappa shape index (κ2) is 8.92. The van der Waals surface area contributed by atoms with E-state index in [1.54, 1.807) is 0 Å². The van der Waals surface area contributed by atoms with Crippen molar-refractivity contribution < 1.29 is 4.79 Å². The fourth-order valence-corrected chi connectivity index (χ4v) is 2.89. The number of carbonyl (C=O) groups excluding carboxylic acids is 1. The standard InChI is InChI=1S/C19H31N3O/c1-4-16(2)19(23)20-17(3)10-11-21-12-14-22(15-13-21)18-8-6-5-7-9-18/h5-9,16-17H,4,10-15H2,1-3H3,(H,20,23)/t16-,17-/m1/s1. The Kier molecular flexibility index (Phi) is 6.90. The molecule has 0 unspecified atom stereocenters. The van der Waals surface area contributed by atoms with Gasteiger partial charge in [-0.25, -0.2) is 0 Å². The lowest BCUT2D eigenvalue weighted by Crippen LogP contribution is -2.47. The van der Waals surface area contributed by atoms with Crippen LogP contribution < -0.4 is 10.2 Å². The number of para-hydroxylation sites is 1. The van der Waals surface area contributed by atoms with Gasteiger partial charge in [-0.3, -0.25) is 9.69 Å². The van der Waals surface area contributed by atoms with E-state index in [0.717, 1.165) is 45.6 Å². The first-order chi connectivity index (χ1) is 11.1. The Hall–Kier alpha value is -1.55. The molecular formula is C19H31N3O. The molecule has 0 spiro atoms. The quantitative estimate of drug-likeness (QED) is 0.840. The van der Waals surface area contributed by atoms with Gasteiger partial charge in [-0.15, -0.1) is 0 Å². The van der Waals surface area contributed by atoms with Crippen molar-refractivity contribution >= 4 is 11.6 Å². The summed E-state index contributed by atoms with van der Waals surface area (Å²) >= 11 is 0. The highest BCUT2D eigenvalue weighted by Gasteiger charge is 2.18. The van der Waals surface area contributed by atoms with Gasteiger partial charge in [0.2, 0.25) is 5.91 Å². The number of nitrogens with zero attached hydrogens (tertiary/aromatic N) is 2. The fraction of sp³-hybridized carbons (Fsp3) is 0.632. The third-order valence-corrected chi connectivity index (χ3v) is 4.82. The monoisotopic (exact) mass is 317 g/mol. The van der Waals surface area contributed by atoms with Crippen LogP contribution in [0, 0.1) is 5.92 Å². The molecule has 1 heterocycles.